The standard InChI is InChI=1S/C12H26O3P/c1-5-9-16(10(13)6-2,11(14)7-3)12(15)8-4/h5,10-15H,1,6-9H2,2-4H3/q+1. The van der Waals surface area contributed by atoms with Gasteiger partial charge in [-0.05, 0) is 0 Å². The van der Waals surface area contributed by atoms with Crippen LogP contribution in [0.3, 0.4) is 0 Å². The average Bonchev–Trinajstić information content (AvgIpc) is 2.32. The van der Waals surface area contributed by atoms with E-state index in [1.807, 2.05) is 20.8 Å². The van der Waals surface area contributed by atoms with Crippen LogP contribution in [0, 0.1) is 0 Å². The third-order valence-corrected chi connectivity index (χ3v) is 8.52. The Morgan fingerprint density at radius 2 is 1.25 bits per heavy atom. The maximum absolute atomic E-state index is 10.2. The van der Waals surface area contributed by atoms with Crippen LogP contribution in [-0.2, 0) is 0 Å². The lowest BCUT2D eigenvalue weighted by atomic mass is 10.5. The lowest BCUT2D eigenvalue weighted by Crippen LogP contribution is -2.33. The van der Waals surface area contributed by atoms with Gasteiger partial charge >= 0.3 is 0 Å². The summed E-state index contributed by atoms with van der Waals surface area (Å²) in [5.41, 5.74) is 0. The Morgan fingerprint density at radius 3 is 1.44 bits per heavy atom. The first-order valence-electron chi connectivity index (χ1n) is 6.03. The van der Waals surface area contributed by atoms with E-state index in [0.29, 0.717) is 25.4 Å². The van der Waals surface area contributed by atoms with Crippen LogP contribution in [0.25, 0.3) is 0 Å². The van der Waals surface area contributed by atoms with Crippen molar-refractivity contribution in [1.82, 2.24) is 0 Å². The molecule has 0 amide bonds. The number of hydrogen-bond donors (Lipinski definition) is 3. The molecule has 0 aliphatic heterocycles. The fourth-order valence-electron chi connectivity index (χ4n) is 2.20. The van der Waals surface area contributed by atoms with Crippen LogP contribution < -0.4 is 0 Å². The number of hydrogen-bond acceptors (Lipinski definition) is 3. The average molecular weight is 249 g/mol. The molecule has 3 atom stereocenters. The molecule has 0 saturated carbocycles. The number of aliphatic hydroxyl groups is 3. The van der Waals surface area contributed by atoms with Gasteiger partial charge in [0, 0.05) is 19.3 Å². The van der Waals surface area contributed by atoms with E-state index in [1.54, 1.807) is 6.08 Å². The van der Waals surface area contributed by atoms with Crippen molar-refractivity contribution < 1.29 is 15.3 Å². The third-order valence-electron chi connectivity index (χ3n) is 3.21. The van der Waals surface area contributed by atoms with Crippen molar-refractivity contribution in [2.75, 3.05) is 6.16 Å². The third kappa shape index (κ3) is 3.04. The van der Waals surface area contributed by atoms with E-state index in [2.05, 4.69) is 6.58 Å². The lowest BCUT2D eigenvalue weighted by Gasteiger charge is -2.37. The van der Waals surface area contributed by atoms with E-state index in [-0.39, 0.29) is 0 Å². The van der Waals surface area contributed by atoms with Crippen molar-refractivity contribution in [3.63, 3.8) is 0 Å². The maximum atomic E-state index is 10.2. The second-order valence-corrected chi connectivity index (χ2v) is 8.28. The van der Waals surface area contributed by atoms with Crippen LogP contribution in [0.4, 0.5) is 0 Å². The van der Waals surface area contributed by atoms with E-state index >= 15 is 0 Å². The molecule has 0 spiro atoms. The summed E-state index contributed by atoms with van der Waals surface area (Å²) in [6.07, 6.45) is 3.94. The van der Waals surface area contributed by atoms with Gasteiger partial charge in [-0.1, -0.05) is 33.4 Å². The summed E-state index contributed by atoms with van der Waals surface area (Å²) >= 11 is 0. The van der Waals surface area contributed by atoms with Crippen LogP contribution in [0.5, 0.6) is 0 Å². The minimum absolute atomic E-state index is 0.534. The van der Waals surface area contributed by atoms with Gasteiger partial charge < -0.3 is 15.3 Å². The molecule has 0 aromatic heterocycles. The molecule has 3 nitrogen and oxygen atoms in total. The Morgan fingerprint density at radius 1 is 0.938 bits per heavy atom. The molecule has 16 heavy (non-hydrogen) atoms. The second-order valence-electron chi connectivity index (χ2n) is 4.13. The van der Waals surface area contributed by atoms with Crippen molar-refractivity contribution in [1.29, 1.82) is 0 Å². The molecule has 0 bridgehead atoms. The molecule has 0 fully saturated rings. The smallest absolute Gasteiger partial charge is 0.169 e. The predicted octanol–water partition coefficient (Wildman–Crippen LogP) is 2.38. The fraction of sp³-hybridized carbons (Fsp3) is 0.833. The summed E-state index contributed by atoms with van der Waals surface area (Å²) in [5, 5.41) is 30.6. The Balaban J connectivity index is 5.27. The molecule has 0 saturated heterocycles. The molecule has 3 N–H and O–H groups in total. The van der Waals surface area contributed by atoms with E-state index in [4.69, 9.17) is 0 Å². The summed E-state index contributed by atoms with van der Waals surface area (Å²) < 4.78 is 0. The van der Waals surface area contributed by atoms with E-state index in [1.165, 1.54) is 0 Å². The van der Waals surface area contributed by atoms with Crippen molar-refractivity contribution in [2.24, 2.45) is 0 Å². The summed E-state index contributed by atoms with van der Waals surface area (Å²) in [5.74, 6) is -1.80. The van der Waals surface area contributed by atoms with Gasteiger partial charge in [-0.2, -0.15) is 0 Å². The highest BCUT2D eigenvalue weighted by atomic mass is 31.2. The van der Waals surface area contributed by atoms with Gasteiger partial charge in [0.05, 0.1) is 6.16 Å². The summed E-state index contributed by atoms with van der Waals surface area (Å²) in [6, 6.07) is 0. The van der Waals surface area contributed by atoms with Gasteiger partial charge in [-0.15, -0.1) is 0 Å². The highest BCUT2D eigenvalue weighted by molar-refractivity contribution is 7.77. The fourth-order valence-corrected chi connectivity index (χ4v) is 6.61. The molecule has 0 heterocycles. The first kappa shape index (κ1) is 16.1. The van der Waals surface area contributed by atoms with Crippen LogP contribution >= 0.6 is 7.26 Å². The van der Waals surface area contributed by atoms with Crippen molar-refractivity contribution in [3.05, 3.63) is 12.7 Å². The van der Waals surface area contributed by atoms with Gasteiger partial charge in [0.15, 0.2) is 17.5 Å². The van der Waals surface area contributed by atoms with E-state index in [0.717, 1.165) is 0 Å². The number of allylic oxidation sites excluding steroid dienone is 1. The zero-order valence-electron chi connectivity index (χ0n) is 10.6. The Bertz CT molecular complexity index is 182. The van der Waals surface area contributed by atoms with Crippen molar-refractivity contribution >= 4 is 7.26 Å². The van der Waals surface area contributed by atoms with Gasteiger partial charge in [0.2, 0.25) is 0 Å². The monoisotopic (exact) mass is 249 g/mol. The molecule has 96 valence electrons. The van der Waals surface area contributed by atoms with Crippen LogP contribution in [0.2, 0.25) is 0 Å². The molecular formula is C12H26O3P+. The van der Waals surface area contributed by atoms with Gasteiger partial charge in [0.25, 0.3) is 0 Å². The highest BCUT2D eigenvalue weighted by Crippen LogP contribution is 2.70. The van der Waals surface area contributed by atoms with Gasteiger partial charge in [0.1, 0.15) is 7.26 Å². The number of rotatable bonds is 8. The Hall–Kier alpha value is 0.0500. The van der Waals surface area contributed by atoms with Crippen LogP contribution in [-0.4, -0.2) is 39.0 Å². The molecule has 0 radical (unpaired) electrons. The minimum Gasteiger partial charge on any atom is -0.359 e. The Labute approximate surface area is 99.5 Å². The summed E-state index contributed by atoms with van der Waals surface area (Å²) in [7, 11) is -2.22. The number of aliphatic hydroxyl groups excluding tert-OH is 3. The molecule has 0 rings (SSSR count). The molecule has 0 aromatic rings. The first-order valence-corrected chi connectivity index (χ1v) is 8.21. The Kier molecular flexibility index (Phi) is 7.41. The molecule has 3 unspecified atom stereocenters. The zero-order chi connectivity index (χ0) is 12.8. The quantitative estimate of drug-likeness (QED) is 0.457. The minimum atomic E-state index is -2.22. The SMILES string of the molecule is C=CC[P+](C(O)CC)(C(O)CC)C(O)CC. The topological polar surface area (TPSA) is 60.7 Å². The molecular weight excluding hydrogens is 223 g/mol. The van der Waals surface area contributed by atoms with Gasteiger partial charge in [-0.25, -0.2) is 0 Å². The summed E-state index contributed by atoms with van der Waals surface area (Å²) in [6.45, 7) is 9.34. The van der Waals surface area contributed by atoms with E-state index in [9.17, 15) is 15.3 Å². The molecule has 0 aliphatic rings. The van der Waals surface area contributed by atoms with Gasteiger partial charge in [-0.3, -0.25) is 0 Å². The zero-order valence-corrected chi connectivity index (χ0v) is 11.5. The predicted molar refractivity (Wildman–Crippen MR) is 70.9 cm³/mol. The van der Waals surface area contributed by atoms with Crippen LogP contribution in [0.1, 0.15) is 40.0 Å². The van der Waals surface area contributed by atoms with Crippen molar-refractivity contribution in [3.8, 4) is 0 Å². The molecule has 0 aromatic carbocycles. The van der Waals surface area contributed by atoms with Crippen molar-refractivity contribution in [2.45, 2.75) is 57.6 Å². The maximum Gasteiger partial charge on any atom is 0.169 e. The summed E-state index contributed by atoms with van der Waals surface area (Å²) in [4.78, 5) is 0. The highest BCUT2D eigenvalue weighted by Gasteiger charge is 2.54. The van der Waals surface area contributed by atoms with Crippen LogP contribution in [0.15, 0.2) is 12.7 Å². The molecule has 4 heteroatoms. The lowest BCUT2D eigenvalue weighted by molar-refractivity contribution is 0.179. The van der Waals surface area contributed by atoms with E-state index < -0.39 is 24.8 Å². The second kappa shape index (κ2) is 7.39. The normalized spacial score (nSPS) is 20.9. The first-order chi connectivity index (χ1) is 7.50. The molecule has 0 aliphatic carbocycles. The largest absolute Gasteiger partial charge is 0.359 e.